The number of halogens is 2. The number of benzene rings is 3. The first-order chi connectivity index (χ1) is 15.9. The minimum Gasteiger partial charge on any atom is -0.436 e. The van der Waals surface area contributed by atoms with E-state index < -0.39 is 5.91 Å². The highest BCUT2D eigenvalue weighted by atomic mass is 35.5. The van der Waals surface area contributed by atoms with Crippen molar-refractivity contribution in [2.75, 3.05) is 5.32 Å². The molecule has 0 aliphatic carbocycles. The lowest BCUT2D eigenvalue weighted by Gasteiger charge is -2.11. The van der Waals surface area contributed by atoms with Gasteiger partial charge in [0.05, 0.1) is 15.6 Å². The van der Waals surface area contributed by atoms with Crippen LogP contribution in [0.2, 0.25) is 10.0 Å². The van der Waals surface area contributed by atoms with E-state index in [0.29, 0.717) is 22.5 Å². The molecule has 1 heterocycles. The van der Waals surface area contributed by atoms with Crippen LogP contribution >= 0.6 is 35.4 Å². The summed E-state index contributed by atoms with van der Waals surface area (Å²) in [6.45, 7) is 4.36. The smallest absolute Gasteiger partial charge is 0.258 e. The summed E-state index contributed by atoms with van der Waals surface area (Å²) < 4.78 is 5.96. The predicted octanol–water partition coefficient (Wildman–Crippen LogP) is 7.44. The number of carbonyl (C=O) groups excluding carboxylic acids is 1. The first-order valence-corrected chi connectivity index (χ1v) is 11.6. The van der Waals surface area contributed by atoms with Gasteiger partial charge in [-0.1, -0.05) is 55.2 Å². The predicted molar refractivity (Wildman–Crippen MR) is 138 cm³/mol. The molecule has 0 saturated heterocycles. The zero-order valence-corrected chi connectivity index (χ0v) is 20.3. The van der Waals surface area contributed by atoms with E-state index in [4.69, 9.17) is 39.8 Å². The molecule has 1 amide bonds. The molecule has 0 bridgehead atoms. The number of aromatic nitrogens is 1. The summed E-state index contributed by atoms with van der Waals surface area (Å²) in [5, 5.41) is 6.22. The van der Waals surface area contributed by atoms with Gasteiger partial charge in [0.25, 0.3) is 5.91 Å². The van der Waals surface area contributed by atoms with Gasteiger partial charge in [-0.2, -0.15) is 0 Å². The Morgan fingerprint density at radius 3 is 2.70 bits per heavy atom. The Bertz CT molecular complexity index is 1350. The molecular weight excluding hydrogens is 477 g/mol. The number of thiocarbonyl (C=S) groups is 1. The fraction of sp³-hybridized carbons (Fsp3) is 0.160. The summed E-state index contributed by atoms with van der Waals surface area (Å²) >= 11 is 17.4. The van der Waals surface area contributed by atoms with Gasteiger partial charge >= 0.3 is 0 Å². The van der Waals surface area contributed by atoms with Crippen LogP contribution in [0, 0.1) is 0 Å². The Labute approximate surface area is 207 Å². The van der Waals surface area contributed by atoms with Gasteiger partial charge in [-0.25, -0.2) is 4.98 Å². The number of carbonyl (C=O) groups is 1. The van der Waals surface area contributed by atoms with Crippen molar-refractivity contribution in [1.82, 2.24) is 10.3 Å². The van der Waals surface area contributed by atoms with Gasteiger partial charge in [-0.3, -0.25) is 10.1 Å². The summed E-state index contributed by atoms with van der Waals surface area (Å²) in [5.74, 6) is 0.517. The number of anilines is 1. The Hall–Kier alpha value is -2.93. The van der Waals surface area contributed by atoms with Crippen LogP contribution in [0.5, 0.6) is 0 Å². The largest absolute Gasteiger partial charge is 0.436 e. The second-order valence-electron chi connectivity index (χ2n) is 7.65. The lowest BCUT2D eigenvalue weighted by atomic mass is 9.98. The van der Waals surface area contributed by atoms with Crippen molar-refractivity contribution in [1.29, 1.82) is 0 Å². The van der Waals surface area contributed by atoms with Gasteiger partial charge in [-0.15, -0.1) is 0 Å². The average molecular weight is 498 g/mol. The monoisotopic (exact) mass is 497 g/mol. The van der Waals surface area contributed by atoms with Crippen molar-refractivity contribution in [2.24, 2.45) is 0 Å². The van der Waals surface area contributed by atoms with Gasteiger partial charge in [0.15, 0.2) is 10.7 Å². The number of hydrogen-bond acceptors (Lipinski definition) is 4. The maximum atomic E-state index is 12.5. The molecule has 0 spiro atoms. The van der Waals surface area contributed by atoms with Crippen molar-refractivity contribution in [3.63, 3.8) is 0 Å². The highest BCUT2D eigenvalue weighted by molar-refractivity contribution is 7.80. The third kappa shape index (κ3) is 5.19. The minimum absolute atomic E-state index is 0.129. The van der Waals surface area contributed by atoms with E-state index in [1.54, 1.807) is 18.2 Å². The lowest BCUT2D eigenvalue weighted by Crippen LogP contribution is -2.34. The van der Waals surface area contributed by atoms with Crippen LogP contribution in [-0.4, -0.2) is 16.0 Å². The molecule has 4 rings (SSSR count). The van der Waals surface area contributed by atoms with E-state index in [2.05, 4.69) is 41.6 Å². The SMILES string of the molecule is CC[C@H](C)c1ccc2oc(-c3cccc(NC(=S)NC(=O)c4cccc(Cl)c4Cl)c3)nc2c1. The molecule has 0 aliphatic rings. The number of amides is 1. The van der Waals surface area contributed by atoms with E-state index >= 15 is 0 Å². The second kappa shape index (κ2) is 9.91. The maximum Gasteiger partial charge on any atom is 0.258 e. The molecule has 33 heavy (non-hydrogen) atoms. The number of nitrogens with one attached hydrogen (secondary N) is 2. The molecular formula is C25H21Cl2N3O2S. The second-order valence-corrected chi connectivity index (χ2v) is 8.84. The number of rotatable bonds is 5. The molecule has 1 aromatic heterocycles. The van der Waals surface area contributed by atoms with E-state index in [0.717, 1.165) is 23.1 Å². The molecule has 4 aromatic rings. The summed E-state index contributed by atoms with van der Waals surface area (Å²) in [4.78, 5) is 17.2. The third-order valence-corrected chi connectivity index (χ3v) is 6.41. The topological polar surface area (TPSA) is 67.2 Å². The fourth-order valence-corrected chi connectivity index (χ4v) is 3.95. The summed E-state index contributed by atoms with van der Waals surface area (Å²) in [6, 6.07) is 18.4. The fourth-order valence-electron chi connectivity index (χ4n) is 3.35. The quantitative estimate of drug-likeness (QED) is 0.280. The molecule has 0 unspecified atom stereocenters. The first-order valence-electron chi connectivity index (χ1n) is 10.4. The van der Waals surface area contributed by atoms with E-state index in [9.17, 15) is 4.79 Å². The third-order valence-electron chi connectivity index (χ3n) is 5.38. The number of fused-ring (bicyclic) bond motifs is 1. The highest BCUT2D eigenvalue weighted by Gasteiger charge is 2.15. The molecule has 1 atom stereocenters. The zero-order valence-electron chi connectivity index (χ0n) is 18.0. The van der Waals surface area contributed by atoms with Crippen LogP contribution in [0.3, 0.4) is 0 Å². The molecule has 8 heteroatoms. The standard InChI is InChI=1S/C25H21Cl2N3O2S/c1-3-14(2)15-10-11-21-20(13-15)29-24(32-21)16-6-4-7-17(12-16)28-25(33)30-23(31)18-8-5-9-19(26)22(18)27/h4-14H,3H2,1-2H3,(H2,28,30,31,33)/t14-/m0/s1. The molecule has 2 N–H and O–H groups in total. The Balaban J connectivity index is 1.50. The number of oxazole rings is 1. The molecule has 0 radical (unpaired) electrons. The molecule has 3 aromatic carbocycles. The van der Waals surface area contributed by atoms with Crippen molar-refractivity contribution < 1.29 is 9.21 Å². The van der Waals surface area contributed by atoms with Crippen molar-refractivity contribution in [2.45, 2.75) is 26.2 Å². The van der Waals surface area contributed by atoms with Crippen LogP contribution in [0.25, 0.3) is 22.6 Å². The molecule has 5 nitrogen and oxygen atoms in total. The first kappa shape index (κ1) is 23.2. The van der Waals surface area contributed by atoms with E-state index in [1.807, 2.05) is 30.3 Å². The Morgan fingerprint density at radius 2 is 1.91 bits per heavy atom. The Morgan fingerprint density at radius 1 is 1.12 bits per heavy atom. The summed E-state index contributed by atoms with van der Waals surface area (Å²) in [7, 11) is 0. The number of hydrogen-bond donors (Lipinski definition) is 2. The van der Waals surface area contributed by atoms with Crippen molar-refractivity contribution in [3.8, 4) is 11.5 Å². The summed E-state index contributed by atoms with van der Waals surface area (Å²) in [5.41, 5.74) is 4.50. The minimum atomic E-state index is -0.452. The van der Waals surface area contributed by atoms with Crippen LogP contribution in [-0.2, 0) is 0 Å². The Kier molecular flexibility index (Phi) is 6.98. The number of nitrogens with zero attached hydrogens (tertiary/aromatic N) is 1. The van der Waals surface area contributed by atoms with Crippen LogP contribution in [0.15, 0.2) is 65.1 Å². The van der Waals surface area contributed by atoms with Gasteiger partial charge in [-0.05, 0) is 72.6 Å². The van der Waals surface area contributed by atoms with Crippen molar-refractivity contribution >= 4 is 63.2 Å². The van der Waals surface area contributed by atoms with Gasteiger partial charge < -0.3 is 9.73 Å². The van der Waals surface area contributed by atoms with E-state index in [-0.39, 0.29) is 15.7 Å². The van der Waals surface area contributed by atoms with Gasteiger partial charge in [0.1, 0.15) is 5.52 Å². The highest BCUT2D eigenvalue weighted by Crippen LogP contribution is 2.29. The lowest BCUT2D eigenvalue weighted by molar-refractivity contribution is 0.0978. The molecule has 0 fully saturated rings. The average Bonchev–Trinajstić information content (AvgIpc) is 3.24. The van der Waals surface area contributed by atoms with Crippen LogP contribution < -0.4 is 10.6 Å². The molecule has 0 saturated carbocycles. The zero-order chi connectivity index (χ0) is 23.5. The van der Waals surface area contributed by atoms with Gasteiger partial charge in [0, 0.05) is 11.3 Å². The molecule has 168 valence electrons. The van der Waals surface area contributed by atoms with E-state index in [1.165, 1.54) is 5.56 Å². The van der Waals surface area contributed by atoms with Gasteiger partial charge in [0.2, 0.25) is 5.89 Å². The van der Waals surface area contributed by atoms with Crippen LogP contribution in [0.4, 0.5) is 5.69 Å². The normalized spacial score (nSPS) is 11.9. The molecule has 0 aliphatic heterocycles. The van der Waals surface area contributed by atoms with Crippen molar-refractivity contribution in [3.05, 3.63) is 81.8 Å². The summed E-state index contributed by atoms with van der Waals surface area (Å²) in [6.07, 6.45) is 1.06. The maximum absolute atomic E-state index is 12.5. The van der Waals surface area contributed by atoms with Crippen LogP contribution in [0.1, 0.15) is 42.1 Å².